The van der Waals surface area contributed by atoms with Gasteiger partial charge in [0.15, 0.2) is 0 Å². The SMILES string of the molecule is CC1CCC(C(=O)Nc2ccnc(C(N)=O)c2)O1.COc1cccc(F)c1Cl. The van der Waals surface area contributed by atoms with Crippen LogP contribution in [0, 0.1) is 5.82 Å². The minimum absolute atomic E-state index is 0.0324. The van der Waals surface area contributed by atoms with Gasteiger partial charge in [0.05, 0.1) is 13.2 Å². The standard InChI is InChI=1S/C12H15N3O3.C7H6ClFO/c1-7-2-3-10(18-7)12(17)15-8-4-5-14-9(6-8)11(13)16;1-10-6-4-2-3-5(9)7(6)8/h4-7,10H,2-3H2,1H3,(H2,13,16)(H,14,15,17);2-4H,1H3. The van der Waals surface area contributed by atoms with Gasteiger partial charge in [0.1, 0.15) is 28.4 Å². The van der Waals surface area contributed by atoms with E-state index in [0.29, 0.717) is 17.9 Å². The summed E-state index contributed by atoms with van der Waals surface area (Å²) in [5.74, 6) is -0.930. The zero-order chi connectivity index (χ0) is 20.7. The lowest BCUT2D eigenvalue weighted by molar-refractivity contribution is -0.126. The summed E-state index contributed by atoms with van der Waals surface area (Å²) >= 11 is 5.49. The first-order valence-electron chi connectivity index (χ1n) is 8.52. The predicted molar refractivity (Wildman–Crippen MR) is 103 cm³/mol. The summed E-state index contributed by atoms with van der Waals surface area (Å²) < 4.78 is 22.8. The lowest BCUT2D eigenvalue weighted by Crippen LogP contribution is -2.28. The molecule has 1 aliphatic rings. The molecule has 1 aromatic carbocycles. The first-order chi connectivity index (χ1) is 13.3. The van der Waals surface area contributed by atoms with Crippen molar-refractivity contribution in [3.8, 4) is 5.75 Å². The number of ether oxygens (including phenoxy) is 2. The molecule has 1 aromatic heterocycles. The number of halogens is 2. The molecule has 0 saturated carbocycles. The molecule has 1 fully saturated rings. The average Bonchev–Trinajstić information content (AvgIpc) is 3.11. The Hall–Kier alpha value is -2.71. The highest BCUT2D eigenvalue weighted by Gasteiger charge is 2.28. The molecule has 2 atom stereocenters. The molecular weight excluding hydrogens is 389 g/mol. The third kappa shape index (κ3) is 5.90. The summed E-state index contributed by atoms with van der Waals surface area (Å²) in [6.45, 7) is 1.94. The Bertz CT molecular complexity index is 850. The molecule has 2 amide bonds. The maximum Gasteiger partial charge on any atom is 0.267 e. The number of methoxy groups -OCH3 is 1. The Balaban J connectivity index is 0.000000237. The van der Waals surface area contributed by atoms with Crippen LogP contribution in [0.1, 0.15) is 30.3 Å². The van der Waals surface area contributed by atoms with E-state index in [4.69, 9.17) is 26.8 Å². The van der Waals surface area contributed by atoms with Gasteiger partial charge >= 0.3 is 0 Å². The summed E-state index contributed by atoms with van der Waals surface area (Å²) in [5.41, 5.74) is 5.73. The number of anilines is 1. The maximum absolute atomic E-state index is 12.6. The second-order valence-electron chi connectivity index (χ2n) is 6.05. The normalized spacial score (nSPS) is 18.0. The molecular formula is C19H21ClFN3O4. The fourth-order valence-electron chi connectivity index (χ4n) is 2.50. The van der Waals surface area contributed by atoms with Gasteiger partial charge in [-0.25, -0.2) is 4.39 Å². The zero-order valence-electron chi connectivity index (χ0n) is 15.4. The first kappa shape index (κ1) is 21.6. The highest BCUT2D eigenvalue weighted by atomic mass is 35.5. The van der Waals surface area contributed by atoms with Crippen molar-refractivity contribution >= 4 is 29.1 Å². The summed E-state index contributed by atoms with van der Waals surface area (Å²) in [6, 6.07) is 7.47. The molecule has 150 valence electrons. The number of benzene rings is 1. The summed E-state index contributed by atoms with van der Waals surface area (Å²) in [5, 5.41) is 2.72. The Labute approximate surface area is 167 Å². The molecule has 1 saturated heterocycles. The highest BCUT2D eigenvalue weighted by molar-refractivity contribution is 6.32. The minimum atomic E-state index is -0.628. The van der Waals surface area contributed by atoms with Gasteiger partial charge in [0.2, 0.25) is 0 Å². The van der Waals surface area contributed by atoms with Crippen molar-refractivity contribution in [3.63, 3.8) is 0 Å². The van der Waals surface area contributed by atoms with Crippen molar-refractivity contribution in [2.45, 2.75) is 32.0 Å². The van der Waals surface area contributed by atoms with E-state index in [1.807, 2.05) is 6.92 Å². The number of aromatic nitrogens is 1. The van der Waals surface area contributed by atoms with E-state index in [9.17, 15) is 14.0 Å². The van der Waals surface area contributed by atoms with Crippen molar-refractivity contribution in [3.05, 3.63) is 53.1 Å². The monoisotopic (exact) mass is 409 g/mol. The van der Waals surface area contributed by atoms with Crippen LogP contribution in [0.15, 0.2) is 36.5 Å². The van der Waals surface area contributed by atoms with Gasteiger partial charge in [-0.1, -0.05) is 17.7 Å². The Morgan fingerprint density at radius 1 is 1.36 bits per heavy atom. The number of primary amides is 1. The number of carbonyl (C=O) groups excluding carboxylic acids is 2. The van der Waals surface area contributed by atoms with Crippen LogP contribution in [0.5, 0.6) is 5.75 Å². The highest BCUT2D eigenvalue weighted by Crippen LogP contribution is 2.25. The molecule has 2 unspecified atom stereocenters. The van der Waals surface area contributed by atoms with Crippen LogP contribution >= 0.6 is 11.6 Å². The quantitative estimate of drug-likeness (QED) is 0.807. The van der Waals surface area contributed by atoms with Gasteiger partial charge in [-0.3, -0.25) is 14.6 Å². The zero-order valence-corrected chi connectivity index (χ0v) is 16.2. The van der Waals surface area contributed by atoms with E-state index in [1.54, 1.807) is 18.2 Å². The number of hydrogen-bond donors (Lipinski definition) is 2. The van der Waals surface area contributed by atoms with Crippen LogP contribution in [0.3, 0.4) is 0 Å². The van der Waals surface area contributed by atoms with E-state index in [1.165, 1.54) is 25.4 Å². The molecule has 28 heavy (non-hydrogen) atoms. The average molecular weight is 410 g/mol. The van der Waals surface area contributed by atoms with E-state index in [-0.39, 0.29) is 22.7 Å². The molecule has 3 rings (SSSR count). The third-order valence-corrected chi connectivity index (χ3v) is 4.31. The molecule has 0 aliphatic carbocycles. The number of nitrogens with one attached hydrogen (secondary N) is 1. The van der Waals surface area contributed by atoms with Crippen molar-refractivity contribution in [1.29, 1.82) is 0 Å². The van der Waals surface area contributed by atoms with E-state index >= 15 is 0 Å². The van der Waals surface area contributed by atoms with Gasteiger partial charge in [-0.15, -0.1) is 0 Å². The molecule has 0 spiro atoms. The number of pyridine rings is 1. The second-order valence-corrected chi connectivity index (χ2v) is 6.43. The number of amides is 2. The lowest BCUT2D eigenvalue weighted by Gasteiger charge is -2.11. The van der Waals surface area contributed by atoms with Gasteiger partial charge in [0, 0.05) is 11.9 Å². The van der Waals surface area contributed by atoms with Gasteiger partial charge in [-0.05, 0) is 44.0 Å². The fraction of sp³-hybridized carbons (Fsp3) is 0.316. The Kier molecular flexibility index (Phi) is 7.71. The summed E-state index contributed by atoms with van der Waals surface area (Å²) in [4.78, 5) is 26.6. The van der Waals surface area contributed by atoms with Crippen LogP contribution in [0.25, 0.3) is 0 Å². The molecule has 0 radical (unpaired) electrons. The van der Waals surface area contributed by atoms with Crippen LogP contribution in [-0.2, 0) is 9.53 Å². The van der Waals surface area contributed by atoms with Crippen LogP contribution in [-0.4, -0.2) is 36.1 Å². The predicted octanol–water partition coefficient (Wildman–Crippen LogP) is 3.17. The van der Waals surface area contributed by atoms with E-state index in [2.05, 4.69) is 10.3 Å². The van der Waals surface area contributed by atoms with Gasteiger partial charge in [0.25, 0.3) is 11.8 Å². The molecule has 2 heterocycles. The van der Waals surface area contributed by atoms with Crippen LogP contribution in [0.2, 0.25) is 5.02 Å². The van der Waals surface area contributed by atoms with E-state index in [0.717, 1.165) is 6.42 Å². The molecule has 1 aliphatic heterocycles. The van der Waals surface area contributed by atoms with Crippen molar-refractivity contribution < 1.29 is 23.5 Å². The van der Waals surface area contributed by atoms with E-state index < -0.39 is 17.8 Å². The number of nitrogens with zero attached hydrogens (tertiary/aromatic N) is 1. The van der Waals surface area contributed by atoms with Crippen LogP contribution in [0.4, 0.5) is 10.1 Å². The second kappa shape index (κ2) is 10.0. The number of hydrogen-bond acceptors (Lipinski definition) is 5. The van der Waals surface area contributed by atoms with Gasteiger partial charge in [-0.2, -0.15) is 0 Å². The maximum atomic E-state index is 12.6. The number of rotatable bonds is 4. The third-order valence-electron chi connectivity index (χ3n) is 3.94. The molecule has 2 aromatic rings. The smallest absolute Gasteiger partial charge is 0.267 e. The number of nitrogens with two attached hydrogens (primary N) is 1. The van der Waals surface area contributed by atoms with Crippen molar-refractivity contribution in [2.24, 2.45) is 5.73 Å². The molecule has 7 nitrogen and oxygen atoms in total. The minimum Gasteiger partial charge on any atom is -0.495 e. The van der Waals surface area contributed by atoms with Gasteiger partial charge < -0.3 is 20.5 Å². The largest absolute Gasteiger partial charge is 0.495 e. The summed E-state index contributed by atoms with van der Waals surface area (Å²) in [7, 11) is 1.45. The Morgan fingerprint density at radius 2 is 2.11 bits per heavy atom. The topological polar surface area (TPSA) is 104 Å². The lowest BCUT2D eigenvalue weighted by atomic mass is 10.2. The molecule has 3 N–H and O–H groups in total. The molecule has 9 heteroatoms. The first-order valence-corrected chi connectivity index (χ1v) is 8.89. The number of carbonyl (C=O) groups is 2. The van der Waals surface area contributed by atoms with Crippen LogP contribution < -0.4 is 15.8 Å². The summed E-state index contributed by atoms with van der Waals surface area (Å²) in [6.07, 6.45) is 2.69. The molecule has 0 bridgehead atoms. The Morgan fingerprint density at radius 3 is 2.68 bits per heavy atom. The van der Waals surface area contributed by atoms with Crippen molar-refractivity contribution in [1.82, 2.24) is 4.98 Å². The fourth-order valence-corrected chi connectivity index (χ4v) is 2.71. The van der Waals surface area contributed by atoms with Crippen molar-refractivity contribution in [2.75, 3.05) is 12.4 Å².